The maximum absolute atomic E-state index is 10.9. The quantitative estimate of drug-likeness (QED) is 0.600. The number of nitrogen functional groups attached to an aromatic ring is 1. The van der Waals surface area contributed by atoms with Crippen LogP contribution in [0.4, 0.5) is 17.5 Å². The molecule has 0 spiro atoms. The molecule has 0 aliphatic carbocycles. The number of aromatic nitrogens is 2. The van der Waals surface area contributed by atoms with E-state index in [1.54, 1.807) is 6.92 Å². The lowest BCUT2D eigenvalue weighted by atomic mass is 10.2. The van der Waals surface area contributed by atoms with Gasteiger partial charge in [-0.25, -0.2) is 4.98 Å². The van der Waals surface area contributed by atoms with E-state index in [1.165, 1.54) is 0 Å². The Kier molecular flexibility index (Phi) is 4.19. The number of nitro groups is 1. The largest absolute Gasteiger partial charge is 0.368 e. The van der Waals surface area contributed by atoms with Crippen LogP contribution in [0.25, 0.3) is 0 Å². The molecule has 1 aromatic rings. The zero-order valence-electron chi connectivity index (χ0n) is 10.2. The third-order valence-corrected chi connectivity index (χ3v) is 2.36. The molecule has 17 heavy (non-hydrogen) atoms. The van der Waals surface area contributed by atoms with Crippen molar-refractivity contribution >= 4 is 17.5 Å². The van der Waals surface area contributed by atoms with Gasteiger partial charge >= 0.3 is 5.69 Å². The van der Waals surface area contributed by atoms with E-state index in [0.29, 0.717) is 0 Å². The predicted molar refractivity (Wildman–Crippen MR) is 65.8 cm³/mol. The van der Waals surface area contributed by atoms with Crippen molar-refractivity contribution in [1.29, 1.82) is 0 Å². The fourth-order valence-electron chi connectivity index (χ4n) is 1.65. The second kappa shape index (κ2) is 5.42. The molecule has 1 rings (SSSR count). The summed E-state index contributed by atoms with van der Waals surface area (Å²) in [5, 5.41) is 13.9. The van der Waals surface area contributed by atoms with Gasteiger partial charge in [0.05, 0.1) is 4.92 Å². The third-order valence-electron chi connectivity index (χ3n) is 2.36. The van der Waals surface area contributed by atoms with Crippen LogP contribution in [0.1, 0.15) is 32.4 Å². The molecule has 0 aliphatic rings. The van der Waals surface area contributed by atoms with Crippen LogP contribution in [0.2, 0.25) is 0 Å². The van der Waals surface area contributed by atoms with Crippen LogP contribution in [0.3, 0.4) is 0 Å². The van der Waals surface area contributed by atoms with Gasteiger partial charge in [-0.2, -0.15) is 4.98 Å². The standard InChI is InChI=1S/C10H17N5O2/c1-4-5-6(2)12-9-8(15(16)17)7(3)13-10(11)14-9/h6H,4-5H2,1-3H3,(H3,11,12,13,14). The van der Waals surface area contributed by atoms with Crippen molar-refractivity contribution in [2.24, 2.45) is 0 Å². The van der Waals surface area contributed by atoms with Crippen molar-refractivity contribution < 1.29 is 4.92 Å². The highest BCUT2D eigenvalue weighted by Gasteiger charge is 2.22. The van der Waals surface area contributed by atoms with Crippen molar-refractivity contribution in [2.75, 3.05) is 11.1 Å². The van der Waals surface area contributed by atoms with Gasteiger partial charge in [-0.15, -0.1) is 0 Å². The first-order chi connectivity index (χ1) is 7.95. The van der Waals surface area contributed by atoms with E-state index in [2.05, 4.69) is 15.3 Å². The first-order valence-electron chi connectivity index (χ1n) is 5.50. The summed E-state index contributed by atoms with van der Waals surface area (Å²) in [5.74, 6) is 0.236. The molecule has 3 N–H and O–H groups in total. The van der Waals surface area contributed by atoms with Crippen LogP contribution >= 0.6 is 0 Å². The molecule has 1 atom stereocenters. The Balaban J connectivity index is 3.08. The molecule has 0 amide bonds. The Morgan fingerprint density at radius 2 is 2.18 bits per heavy atom. The van der Waals surface area contributed by atoms with Crippen molar-refractivity contribution in [1.82, 2.24) is 9.97 Å². The molecule has 0 fully saturated rings. The molecule has 0 aromatic carbocycles. The number of anilines is 2. The SMILES string of the molecule is CCCC(C)Nc1nc(N)nc(C)c1[N+](=O)[O-]. The molecule has 1 aromatic heterocycles. The lowest BCUT2D eigenvalue weighted by molar-refractivity contribution is -0.385. The fourth-order valence-corrected chi connectivity index (χ4v) is 1.65. The Morgan fingerprint density at radius 1 is 1.53 bits per heavy atom. The molecule has 7 nitrogen and oxygen atoms in total. The van der Waals surface area contributed by atoms with Gasteiger partial charge in [0.2, 0.25) is 11.8 Å². The third kappa shape index (κ3) is 3.27. The lowest BCUT2D eigenvalue weighted by Crippen LogP contribution is -2.18. The summed E-state index contributed by atoms with van der Waals surface area (Å²) < 4.78 is 0. The Morgan fingerprint density at radius 3 is 2.71 bits per heavy atom. The summed E-state index contributed by atoms with van der Waals surface area (Å²) in [6.07, 6.45) is 1.89. The average molecular weight is 239 g/mol. The zero-order chi connectivity index (χ0) is 13.0. The molecular weight excluding hydrogens is 222 g/mol. The van der Waals surface area contributed by atoms with E-state index in [0.717, 1.165) is 12.8 Å². The number of nitrogens with one attached hydrogen (secondary N) is 1. The highest BCUT2D eigenvalue weighted by Crippen LogP contribution is 2.26. The number of nitrogens with zero attached hydrogens (tertiary/aromatic N) is 3. The minimum absolute atomic E-state index is 0.0410. The topological polar surface area (TPSA) is 107 Å². The Hall–Kier alpha value is -1.92. The van der Waals surface area contributed by atoms with Crippen molar-refractivity contribution in [2.45, 2.75) is 39.7 Å². The van der Waals surface area contributed by atoms with E-state index < -0.39 is 4.92 Å². The molecule has 0 radical (unpaired) electrons. The average Bonchev–Trinajstić information content (AvgIpc) is 2.15. The van der Waals surface area contributed by atoms with Gasteiger partial charge in [-0.05, 0) is 20.3 Å². The summed E-state index contributed by atoms with van der Waals surface area (Å²) >= 11 is 0. The number of rotatable bonds is 5. The molecular formula is C10H17N5O2. The second-order valence-electron chi connectivity index (χ2n) is 3.96. The number of hydrogen-bond donors (Lipinski definition) is 2. The number of nitrogens with two attached hydrogens (primary N) is 1. The summed E-state index contributed by atoms with van der Waals surface area (Å²) in [4.78, 5) is 18.1. The van der Waals surface area contributed by atoms with Gasteiger partial charge in [0.15, 0.2) is 0 Å². The first-order valence-corrected chi connectivity index (χ1v) is 5.50. The van der Waals surface area contributed by atoms with Crippen LogP contribution in [0, 0.1) is 17.0 Å². The maximum Gasteiger partial charge on any atom is 0.332 e. The highest BCUT2D eigenvalue weighted by atomic mass is 16.6. The molecule has 94 valence electrons. The summed E-state index contributed by atoms with van der Waals surface area (Å²) in [7, 11) is 0. The van der Waals surface area contributed by atoms with E-state index >= 15 is 0 Å². The van der Waals surface area contributed by atoms with Crippen LogP contribution < -0.4 is 11.1 Å². The van der Waals surface area contributed by atoms with Crippen LogP contribution in [-0.2, 0) is 0 Å². The number of hydrogen-bond acceptors (Lipinski definition) is 6. The zero-order valence-corrected chi connectivity index (χ0v) is 10.2. The Bertz CT molecular complexity index is 421. The maximum atomic E-state index is 10.9. The highest BCUT2D eigenvalue weighted by molar-refractivity contribution is 5.60. The summed E-state index contributed by atoms with van der Waals surface area (Å²) in [5.41, 5.74) is 5.66. The van der Waals surface area contributed by atoms with Crippen LogP contribution in [0.5, 0.6) is 0 Å². The normalized spacial score (nSPS) is 12.2. The Labute approximate surface area is 99.6 Å². The lowest BCUT2D eigenvalue weighted by Gasteiger charge is -2.14. The molecule has 0 bridgehead atoms. The molecule has 0 saturated carbocycles. The fraction of sp³-hybridized carbons (Fsp3) is 0.600. The molecule has 7 heteroatoms. The van der Waals surface area contributed by atoms with Gasteiger partial charge in [0.1, 0.15) is 5.69 Å². The van der Waals surface area contributed by atoms with E-state index in [1.807, 2.05) is 13.8 Å². The van der Waals surface area contributed by atoms with Crippen LogP contribution in [0.15, 0.2) is 0 Å². The van der Waals surface area contributed by atoms with Crippen molar-refractivity contribution in [3.8, 4) is 0 Å². The van der Waals surface area contributed by atoms with Gasteiger partial charge in [0.25, 0.3) is 0 Å². The second-order valence-corrected chi connectivity index (χ2v) is 3.96. The van der Waals surface area contributed by atoms with Gasteiger partial charge in [0, 0.05) is 6.04 Å². The van der Waals surface area contributed by atoms with Crippen LogP contribution in [-0.4, -0.2) is 20.9 Å². The molecule has 0 aliphatic heterocycles. The summed E-state index contributed by atoms with van der Waals surface area (Å²) in [6, 6.07) is 0.104. The van der Waals surface area contributed by atoms with E-state index in [9.17, 15) is 10.1 Å². The van der Waals surface area contributed by atoms with Gasteiger partial charge < -0.3 is 11.1 Å². The van der Waals surface area contributed by atoms with E-state index in [-0.39, 0.29) is 29.2 Å². The van der Waals surface area contributed by atoms with Crippen molar-refractivity contribution in [3.05, 3.63) is 15.8 Å². The molecule has 1 unspecified atom stereocenters. The monoisotopic (exact) mass is 239 g/mol. The minimum atomic E-state index is -0.490. The smallest absolute Gasteiger partial charge is 0.332 e. The molecule has 1 heterocycles. The predicted octanol–water partition coefficient (Wildman–Crippen LogP) is 1.88. The first kappa shape index (κ1) is 13.1. The van der Waals surface area contributed by atoms with Crippen molar-refractivity contribution in [3.63, 3.8) is 0 Å². The number of aryl methyl sites for hydroxylation is 1. The summed E-state index contributed by atoms with van der Waals surface area (Å²) in [6.45, 7) is 5.54. The van der Waals surface area contributed by atoms with Gasteiger partial charge in [-0.1, -0.05) is 13.3 Å². The van der Waals surface area contributed by atoms with E-state index in [4.69, 9.17) is 5.73 Å². The minimum Gasteiger partial charge on any atom is -0.368 e. The van der Waals surface area contributed by atoms with Gasteiger partial charge in [-0.3, -0.25) is 10.1 Å². The molecule has 0 saturated heterocycles.